The number of aliphatic carboxylic acids is 1. The van der Waals surface area contributed by atoms with Gasteiger partial charge in [0.05, 0.1) is 12.7 Å². The second-order valence-electron chi connectivity index (χ2n) is 2.26. The van der Waals surface area contributed by atoms with E-state index in [1.165, 1.54) is 0 Å². The Balaban J connectivity index is 3.53. The lowest BCUT2D eigenvalue weighted by atomic mass is 10.4. The van der Waals surface area contributed by atoms with Crippen molar-refractivity contribution in [1.29, 1.82) is 0 Å². The molecule has 0 radical (unpaired) electrons. The zero-order valence-electron chi connectivity index (χ0n) is 7.12. The van der Waals surface area contributed by atoms with Gasteiger partial charge in [-0.05, 0) is 13.8 Å². The highest BCUT2D eigenvalue weighted by molar-refractivity contribution is 5.70. The number of halogens is 1. The number of ether oxygens (including phenoxy) is 2. The minimum absolute atomic E-state index is 0.199. The Hall–Kier alpha value is -0.680. The van der Waals surface area contributed by atoms with Gasteiger partial charge in [-0.2, -0.15) is 0 Å². The van der Waals surface area contributed by atoms with Crippen LogP contribution in [0.25, 0.3) is 0 Å². The van der Waals surface area contributed by atoms with Crippen molar-refractivity contribution in [3.05, 3.63) is 0 Å². The Bertz CT molecular complexity index is 139. The highest BCUT2D eigenvalue weighted by atomic mass is 19.1. The van der Waals surface area contributed by atoms with E-state index >= 15 is 0 Å². The average Bonchev–Trinajstić information content (AvgIpc) is 2.00. The van der Waals surface area contributed by atoms with Crippen molar-refractivity contribution in [3.63, 3.8) is 0 Å². The van der Waals surface area contributed by atoms with E-state index in [0.29, 0.717) is 6.61 Å². The molecule has 72 valence electrons. The SMILES string of the molecule is CCOCC(C)OC(F)C(=O)O. The summed E-state index contributed by atoms with van der Waals surface area (Å²) in [6, 6.07) is 0. The summed E-state index contributed by atoms with van der Waals surface area (Å²) in [5.74, 6) is -1.61. The van der Waals surface area contributed by atoms with Gasteiger partial charge in [0, 0.05) is 6.61 Å². The summed E-state index contributed by atoms with van der Waals surface area (Å²) in [5, 5.41) is 8.12. The van der Waals surface area contributed by atoms with Gasteiger partial charge in [0.2, 0.25) is 0 Å². The molecule has 2 atom stereocenters. The topological polar surface area (TPSA) is 55.8 Å². The third-order valence-corrected chi connectivity index (χ3v) is 1.10. The molecule has 0 rings (SSSR count). The molecule has 0 aromatic rings. The smallest absolute Gasteiger partial charge is 0.366 e. The van der Waals surface area contributed by atoms with Gasteiger partial charge in [0.1, 0.15) is 0 Å². The van der Waals surface area contributed by atoms with Crippen LogP contribution in [0.3, 0.4) is 0 Å². The van der Waals surface area contributed by atoms with Crippen LogP contribution in [0.1, 0.15) is 13.8 Å². The van der Waals surface area contributed by atoms with Crippen molar-refractivity contribution in [2.75, 3.05) is 13.2 Å². The molecule has 0 saturated carbocycles. The molecule has 0 aliphatic heterocycles. The van der Waals surface area contributed by atoms with Crippen LogP contribution in [0.5, 0.6) is 0 Å². The number of alkyl halides is 1. The minimum Gasteiger partial charge on any atom is -0.477 e. The first-order chi connectivity index (χ1) is 5.57. The monoisotopic (exact) mass is 180 g/mol. The number of rotatable bonds is 6. The van der Waals surface area contributed by atoms with Gasteiger partial charge < -0.3 is 14.6 Å². The summed E-state index contributed by atoms with van der Waals surface area (Å²) >= 11 is 0. The first kappa shape index (κ1) is 11.3. The lowest BCUT2D eigenvalue weighted by molar-refractivity contribution is -0.172. The number of hydrogen-bond acceptors (Lipinski definition) is 3. The lowest BCUT2D eigenvalue weighted by Gasteiger charge is -2.13. The zero-order chi connectivity index (χ0) is 9.56. The molecule has 0 aliphatic carbocycles. The van der Waals surface area contributed by atoms with Crippen LogP contribution >= 0.6 is 0 Å². The molecule has 0 saturated heterocycles. The predicted octanol–water partition coefficient (Wildman–Crippen LogP) is 0.808. The van der Waals surface area contributed by atoms with Gasteiger partial charge in [-0.25, -0.2) is 9.18 Å². The van der Waals surface area contributed by atoms with Gasteiger partial charge in [-0.3, -0.25) is 0 Å². The highest BCUT2D eigenvalue weighted by Crippen LogP contribution is 2.00. The fourth-order valence-corrected chi connectivity index (χ4v) is 0.585. The molecule has 0 aromatic carbocycles. The molecule has 5 heteroatoms. The van der Waals surface area contributed by atoms with Crippen LogP contribution in [0.15, 0.2) is 0 Å². The first-order valence-corrected chi connectivity index (χ1v) is 3.68. The Kier molecular flexibility index (Phi) is 5.57. The summed E-state index contributed by atoms with van der Waals surface area (Å²) in [7, 11) is 0. The van der Waals surface area contributed by atoms with Crippen molar-refractivity contribution in [1.82, 2.24) is 0 Å². The maximum atomic E-state index is 12.3. The normalized spacial score (nSPS) is 15.6. The highest BCUT2D eigenvalue weighted by Gasteiger charge is 2.19. The second kappa shape index (κ2) is 5.91. The van der Waals surface area contributed by atoms with Crippen molar-refractivity contribution in [3.8, 4) is 0 Å². The third kappa shape index (κ3) is 5.03. The van der Waals surface area contributed by atoms with Gasteiger partial charge in [-0.15, -0.1) is 0 Å². The van der Waals surface area contributed by atoms with E-state index < -0.39 is 18.4 Å². The van der Waals surface area contributed by atoms with Crippen LogP contribution in [-0.4, -0.2) is 36.8 Å². The maximum Gasteiger partial charge on any atom is 0.366 e. The summed E-state index contributed by atoms with van der Waals surface area (Å²) in [6.07, 6.45) is -2.81. The van der Waals surface area contributed by atoms with Crippen molar-refractivity contribution in [2.24, 2.45) is 0 Å². The molecule has 0 amide bonds. The zero-order valence-corrected chi connectivity index (χ0v) is 7.12. The summed E-state index contributed by atoms with van der Waals surface area (Å²) in [5.41, 5.74) is 0. The van der Waals surface area contributed by atoms with Gasteiger partial charge in [0.15, 0.2) is 0 Å². The van der Waals surface area contributed by atoms with E-state index in [1.807, 2.05) is 0 Å². The van der Waals surface area contributed by atoms with E-state index in [-0.39, 0.29) is 6.61 Å². The van der Waals surface area contributed by atoms with Gasteiger partial charge >= 0.3 is 5.97 Å². The van der Waals surface area contributed by atoms with Crippen LogP contribution in [-0.2, 0) is 14.3 Å². The Morgan fingerprint density at radius 2 is 2.25 bits per heavy atom. The third-order valence-electron chi connectivity index (χ3n) is 1.10. The molecule has 0 heterocycles. The lowest BCUT2D eigenvalue weighted by Crippen LogP contribution is -2.26. The summed E-state index contributed by atoms with van der Waals surface area (Å²) < 4.78 is 21.6. The predicted molar refractivity (Wildman–Crippen MR) is 39.6 cm³/mol. The number of carbonyl (C=O) groups is 1. The number of carboxylic acids is 1. The summed E-state index contributed by atoms with van der Waals surface area (Å²) in [4.78, 5) is 9.97. The Labute approximate surface area is 70.3 Å². The van der Waals surface area contributed by atoms with E-state index in [0.717, 1.165) is 0 Å². The molecule has 1 N–H and O–H groups in total. The Morgan fingerprint density at radius 1 is 1.67 bits per heavy atom. The van der Waals surface area contributed by atoms with Crippen molar-refractivity contribution in [2.45, 2.75) is 26.3 Å². The van der Waals surface area contributed by atoms with Crippen LogP contribution in [0.4, 0.5) is 4.39 Å². The van der Waals surface area contributed by atoms with Crippen molar-refractivity contribution < 1.29 is 23.8 Å². The van der Waals surface area contributed by atoms with Crippen molar-refractivity contribution >= 4 is 5.97 Å². The van der Waals surface area contributed by atoms with E-state index in [9.17, 15) is 9.18 Å². The molecule has 0 aromatic heterocycles. The first-order valence-electron chi connectivity index (χ1n) is 3.68. The molecule has 4 nitrogen and oxygen atoms in total. The molecule has 0 fully saturated rings. The molecule has 2 unspecified atom stereocenters. The van der Waals surface area contributed by atoms with E-state index in [2.05, 4.69) is 4.74 Å². The number of carboxylic acid groups (broad SMARTS) is 1. The van der Waals surface area contributed by atoms with Crippen LogP contribution in [0, 0.1) is 0 Å². The quantitative estimate of drug-likeness (QED) is 0.657. The molecule has 0 spiro atoms. The standard InChI is InChI=1S/C7H13FO4/c1-3-11-4-5(2)12-6(8)7(9)10/h5-6H,3-4H2,1-2H3,(H,9,10). The van der Waals surface area contributed by atoms with Gasteiger partial charge in [-0.1, -0.05) is 0 Å². The maximum absolute atomic E-state index is 12.3. The van der Waals surface area contributed by atoms with Gasteiger partial charge in [0.25, 0.3) is 6.36 Å². The molecule has 12 heavy (non-hydrogen) atoms. The molecular weight excluding hydrogens is 167 g/mol. The second-order valence-corrected chi connectivity index (χ2v) is 2.26. The van der Waals surface area contributed by atoms with E-state index in [4.69, 9.17) is 9.84 Å². The molecular formula is C7H13FO4. The van der Waals surface area contributed by atoms with Crippen LogP contribution in [0.2, 0.25) is 0 Å². The molecule has 0 aliphatic rings. The molecule has 0 bridgehead atoms. The Morgan fingerprint density at radius 3 is 2.67 bits per heavy atom. The fourth-order valence-electron chi connectivity index (χ4n) is 0.585. The average molecular weight is 180 g/mol. The largest absolute Gasteiger partial charge is 0.477 e. The van der Waals surface area contributed by atoms with Crippen LogP contribution < -0.4 is 0 Å². The minimum atomic E-state index is -2.26. The summed E-state index contributed by atoms with van der Waals surface area (Å²) in [6.45, 7) is 4.03. The van der Waals surface area contributed by atoms with E-state index in [1.54, 1.807) is 13.8 Å². The fraction of sp³-hybridized carbons (Fsp3) is 0.857. The number of hydrogen-bond donors (Lipinski definition) is 1.